The highest BCUT2D eigenvalue weighted by Gasteiger charge is 2.10. The first-order valence-corrected chi connectivity index (χ1v) is 8.86. The largest absolute Gasteiger partial charge is 0.658 e. The molecule has 4 rings (SSSR count). The van der Waals surface area contributed by atoms with Gasteiger partial charge >= 0.3 is 7.69 Å². The monoisotopic (exact) mass is 349 g/mol. The molecule has 27 heavy (non-hydrogen) atoms. The molecule has 4 aromatic carbocycles. The lowest BCUT2D eigenvalue weighted by Crippen LogP contribution is -2.12. The van der Waals surface area contributed by atoms with E-state index in [0.29, 0.717) is 0 Å². The van der Waals surface area contributed by atoms with Crippen LogP contribution >= 0.6 is 0 Å². The molecule has 0 bridgehead atoms. The summed E-state index contributed by atoms with van der Waals surface area (Å²) in [4.78, 5) is 0. The van der Waals surface area contributed by atoms with Crippen molar-refractivity contribution in [3.05, 3.63) is 109 Å². The van der Waals surface area contributed by atoms with Crippen LogP contribution in [0.5, 0.6) is 11.5 Å². The summed E-state index contributed by atoms with van der Waals surface area (Å²) in [5, 5.41) is 0. The molecule has 3 heteroatoms. The quantitative estimate of drug-likeness (QED) is 0.397. The highest BCUT2D eigenvalue weighted by atomic mass is 16.6. The molecule has 0 atom stereocenters. The second kappa shape index (κ2) is 8.28. The van der Waals surface area contributed by atoms with E-state index in [1.165, 1.54) is 7.69 Å². The van der Waals surface area contributed by atoms with Crippen molar-refractivity contribution in [1.82, 2.24) is 0 Å². The van der Waals surface area contributed by atoms with E-state index in [-0.39, 0.29) is 0 Å². The van der Waals surface area contributed by atoms with Crippen LogP contribution in [0.2, 0.25) is 0 Å². The van der Waals surface area contributed by atoms with Crippen LogP contribution in [0, 0.1) is 0 Å². The average Bonchev–Trinajstić information content (AvgIpc) is 2.76. The highest BCUT2D eigenvalue weighted by Crippen LogP contribution is 2.31. The summed E-state index contributed by atoms with van der Waals surface area (Å²) in [6.07, 6.45) is 0. The molecule has 0 spiro atoms. The molecule has 0 saturated heterocycles. The van der Waals surface area contributed by atoms with E-state index in [2.05, 4.69) is 24.3 Å². The molecule has 129 valence electrons. The molecule has 0 heterocycles. The molecule has 0 aliphatic rings. The molecular formula is C24H18BO2. The van der Waals surface area contributed by atoms with Crippen molar-refractivity contribution in [1.29, 1.82) is 0 Å². The summed E-state index contributed by atoms with van der Waals surface area (Å²) in [6.45, 7) is 0. The minimum absolute atomic E-state index is 0.751. The summed E-state index contributed by atoms with van der Waals surface area (Å²) >= 11 is 0. The highest BCUT2D eigenvalue weighted by molar-refractivity contribution is 6.21. The van der Waals surface area contributed by atoms with E-state index >= 15 is 0 Å². The molecule has 0 amide bonds. The predicted molar refractivity (Wildman–Crippen MR) is 111 cm³/mol. The fraction of sp³-hybridized carbons (Fsp3) is 0. The van der Waals surface area contributed by atoms with Crippen LogP contribution < -0.4 is 9.31 Å². The van der Waals surface area contributed by atoms with E-state index in [0.717, 1.165) is 33.8 Å². The van der Waals surface area contributed by atoms with Gasteiger partial charge in [-0.05, 0) is 23.3 Å². The zero-order valence-corrected chi connectivity index (χ0v) is 14.8. The van der Waals surface area contributed by atoms with Crippen LogP contribution in [0.25, 0.3) is 22.3 Å². The Morgan fingerprint density at radius 3 is 1.22 bits per heavy atom. The molecule has 2 nitrogen and oxygen atoms in total. The Morgan fingerprint density at radius 1 is 0.407 bits per heavy atom. The third-order valence-electron chi connectivity index (χ3n) is 4.29. The smallest absolute Gasteiger partial charge is 0.526 e. The molecule has 0 aromatic heterocycles. The van der Waals surface area contributed by atoms with Gasteiger partial charge in [0.1, 0.15) is 11.5 Å². The fourth-order valence-electron chi connectivity index (χ4n) is 2.98. The maximum atomic E-state index is 5.84. The number of rotatable bonds is 6. The Kier molecular flexibility index (Phi) is 5.21. The molecule has 1 radical (unpaired) electrons. The normalized spacial score (nSPS) is 10.2. The van der Waals surface area contributed by atoms with Crippen molar-refractivity contribution in [2.75, 3.05) is 0 Å². The topological polar surface area (TPSA) is 18.5 Å². The number of benzene rings is 4. The lowest BCUT2D eigenvalue weighted by molar-refractivity contribution is 0.461. The molecule has 0 aliphatic carbocycles. The van der Waals surface area contributed by atoms with Gasteiger partial charge in [0.15, 0.2) is 0 Å². The first-order valence-electron chi connectivity index (χ1n) is 8.86. The molecule has 4 aromatic rings. The SMILES string of the molecule is [B](Oc1ccccc1-c1ccccc1)Oc1ccccc1-c1ccccc1. The molecular weight excluding hydrogens is 331 g/mol. The van der Waals surface area contributed by atoms with Crippen LogP contribution in [0.4, 0.5) is 0 Å². The second-order valence-corrected chi connectivity index (χ2v) is 6.06. The maximum Gasteiger partial charge on any atom is 0.658 e. The maximum absolute atomic E-state index is 5.84. The first-order chi connectivity index (χ1) is 13.4. The van der Waals surface area contributed by atoms with Gasteiger partial charge in [-0.15, -0.1) is 0 Å². The summed E-state index contributed by atoms with van der Waals surface area (Å²) in [7, 11) is 1.39. The molecule has 0 aliphatic heterocycles. The third-order valence-corrected chi connectivity index (χ3v) is 4.29. The van der Waals surface area contributed by atoms with Crippen LogP contribution in [0.15, 0.2) is 109 Å². The van der Waals surface area contributed by atoms with E-state index in [9.17, 15) is 0 Å². The van der Waals surface area contributed by atoms with Crippen LogP contribution in [-0.2, 0) is 0 Å². The number of hydrogen-bond acceptors (Lipinski definition) is 2. The van der Waals surface area contributed by atoms with Gasteiger partial charge in [0.25, 0.3) is 0 Å². The molecule has 0 unspecified atom stereocenters. The minimum atomic E-state index is 0.751. The third kappa shape index (κ3) is 4.04. The van der Waals surface area contributed by atoms with Gasteiger partial charge in [0, 0.05) is 11.1 Å². The van der Waals surface area contributed by atoms with Gasteiger partial charge in [0.05, 0.1) is 0 Å². The Morgan fingerprint density at radius 2 is 0.778 bits per heavy atom. The lowest BCUT2D eigenvalue weighted by Gasteiger charge is -2.13. The van der Waals surface area contributed by atoms with E-state index in [1.54, 1.807) is 0 Å². The Balaban J connectivity index is 1.51. The van der Waals surface area contributed by atoms with Crippen molar-refractivity contribution in [3.8, 4) is 33.8 Å². The summed E-state index contributed by atoms with van der Waals surface area (Å²) in [5.41, 5.74) is 4.25. The number of hydrogen-bond donors (Lipinski definition) is 0. The first kappa shape index (κ1) is 17.0. The van der Waals surface area contributed by atoms with Crippen LogP contribution in [0.1, 0.15) is 0 Å². The van der Waals surface area contributed by atoms with Gasteiger partial charge in [-0.2, -0.15) is 0 Å². The Hall–Kier alpha value is -3.46. The van der Waals surface area contributed by atoms with E-state index in [4.69, 9.17) is 9.31 Å². The predicted octanol–water partition coefficient (Wildman–Crippen LogP) is 6.01. The van der Waals surface area contributed by atoms with Crippen LogP contribution in [-0.4, -0.2) is 7.69 Å². The van der Waals surface area contributed by atoms with E-state index < -0.39 is 0 Å². The summed E-state index contributed by atoms with van der Waals surface area (Å²) in [5.74, 6) is 1.50. The Bertz CT molecular complexity index is 918. The van der Waals surface area contributed by atoms with Crippen molar-refractivity contribution in [2.45, 2.75) is 0 Å². The van der Waals surface area contributed by atoms with Gasteiger partial charge < -0.3 is 9.31 Å². The zero-order chi connectivity index (χ0) is 18.3. The van der Waals surface area contributed by atoms with Gasteiger partial charge in [-0.3, -0.25) is 0 Å². The standard InChI is InChI=1S/C24H18BO2/c1-3-11-19(12-4-1)21-15-7-9-17-23(21)26-25-27-24-18-10-8-16-22(24)20-13-5-2-6-14-20/h1-18H. The van der Waals surface area contributed by atoms with Crippen molar-refractivity contribution in [2.24, 2.45) is 0 Å². The number of para-hydroxylation sites is 2. The van der Waals surface area contributed by atoms with Crippen molar-refractivity contribution < 1.29 is 9.31 Å². The summed E-state index contributed by atoms with van der Waals surface area (Å²) < 4.78 is 11.7. The van der Waals surface area contributed by atoms with Gasteiger partial charge in [0.2, 0.25) is 0 Å². The van der Waals surface area contributed by atoms with E-state index in [1.807, 2.05) is 84.9 Å². The lowest BCUT2D eigenvalue weighted by atomic mass is 10.0. The Labute approximate surface area is 160 Å². The van der Waals surface area contributed by atoms with Gasteiger partial charge in [-0.25, -0.2) is 0 Å². The average molecular weight is 349 g/mol. The molecule has 0 fully saturated rings. The molecule has 0 N–H and O–H groups in total. The summed E-state index contributed by atoms with van der Waals surface area (Å²) in [6, 6.07) is 36.2. The second-order valence-electron chi connectivity index (χ2n) is 6.06. The fourth-order valence-corrected chi connectivity index (χ4v) is 2.98. The van der Waals surface area contributed by atoms with Crippen LogP contribution in [0.3, 0.4) is 0 Å². The van der Waals surface area contributed by atoms with Crippen molar-refractivity contribution >= 4 is 7.69 Å². The van der Waals surface area contributed by atoms with Crippen molar-refractivity contribution in [3.63, 3.8) is 0 Å². The zero-order valence-electron chi connectivity index (χ0n) is 14.8. The minimum Gasteiger partial charge on any atom is -0.526 e. The molecule has 0 saturated carbocycles. The van der Waals surface area contributed by atoms with Gasteiger partial charge in [-0.1, -0.05) is 97.1 Å².